The lowest BCUT2D eigenvalue weighted by atomic mass is 9.92. The van der Waals surface area contributed by atoms with Crippen molar-refractivity contribution in [3.05, 3.63) is 46.7 Å². The van der Waals surface area contributed by atoms with Crippen molar-refractivity contribution in [2.75, 3.05) is 0 Å². The fourth-order valence-corrected chi connectivity index (χ4v) is 4.09. The highest BCUT2D eigenvalue weighted by Gasteiger charge is 2.27. The number of thiophene rings is 1. The number of carbonyl (C=O) groups is 5. The largest absolute Gasteiger partial charge is 0.481 e. The van der Waals surface area contributed by atoms with Gasteiger partial charge in [0, 0.05) is 31.6 Å². The van der Waals surface area contributed by atoms with E-state index >= 15 is 0 Å². The fraction of sp³-hybridized carbons (Fsp3) is 0.375. The third-order valence-corrected chi connectivity index (χ3v) is 6.06. The number of benzene rings is 1. The predicted molar refractivity (Wildman–Crippen MR) is 126 cm³/mol. The van der Waals surface area contributed by atoms with E-state index in [-0.39, 0.29) is 38.5 Å². The van der Waals surface area contributed by atoms with Gasteiger partial charge in [-0.1, -0.05) is 24.3 Å². The number of amides is 2. The molecular weight excluding hydrogens is 460 g/mol. The van der Waals surface area contributed by atoms with Crippen molar-refractivity contribution < 1.29 is 34.2 Å². The summed E-state index contributed by atoms with van der Waals surface area (Å²) in [5.41, 5.74) is 8.41. The van der Waals surface area contributed by atoms with Gasteiger partial charge < -0.3 is 21.3 Å². The van der Waals surface area contributed by atoms with Gasteiger partial charge in [0.05, 0.1) is 6.04 Å². The van der Waals surface area contributed by atoms with Crippen molar-refractivity contribution in [1.29, 1.82) is 0 Å². The number of nitrogens with two attached hydrogens (primary N) is 1. The second kappa shape index (κ2) is 13.2. The van der Waals surface area contributed by atoms with Gasteiger partial charge in [-0.15, -0.1) is 0 Å². The molecular formula is C24H28N2O7S. The number of carbonyl (C=O) groups excluding carboxylic acids is 3. The average molecular weight is 489 g/mol. The third kappa shape index (κ3) is 9.14. The van der Waals surface area contributed by atoms with E-state index in [0.29, 0.717) is 6.42 Å². The molecule has 0 aliphatic heterocycles. The molecule has 0 bridgehead atoms. The van der Waals surface area contributed by atoms with Crippen LogP contribution >= 0.6 is 11.3 Å². The van der Waals surface area contributed by atoms with Crippen LogP contribution in [0.2, 0.25) is 0 Å². The number of aryl methyl sites for hydroxylation is 1. The van der Waals surface area contributed by atoms with Gasteiger partial charge in [0.25, 0.3) is 0 Å². The monoisotopic (exact) mass is 488 g/mol. The van der Waals surface area contributed by atoms with E-state index in [1.807, 2.05) is 41.1 Å². The molecule has 2 atom stereocenters. The minimum absolute atomic E-state index is 0.0902. The summed E-state index contributed by atoms with van der Waals surface area (Å²) in [6, 6.07) is 8.70. The van der Waals surface area contributed by atoms with Gasteiger partial charge >= 0.3 is 11.9 Å². The Bertz CT molecular complexity index is 1000. The maximum Gasteiger partial charge on any atom is 0.303 e. The zero-order valence-electron chi connectivity index (χ0n) is 18.6. The van der Waals surface area contributed by atoms with Crippen molar-refractivity contribution >= 4 is 40.9 Å². The van der Waals surface area contributed by atoms with Crippen LogP contribution in [0, 0.1) is 5.92 Å². The average Bonchev–Trinajstić information content (AvgIpc) is 3.32. The Labute approximate surface area is 201 Å². The minimum atomic E-state index is -1.13. The standard InChI is InChI=1S/C24H28N2O7S/c25-24(33)17(6-9-22(29)30)13-20(27)19(7-10-23(31)32)26-21(28)8-3-15-1-4-16(5-2-15)18-11-12-34-14-18/h1-2,4-5,11-12,14,17,19H,3,6-10,13H2,(H2,25,33)(H,26,28)(H,29,30)(H,31,32)/t17-,19+/m1/s1. The highest BCUT2D eigenvalue weighted by atomic mass is 32.1. The smallest absolute Gasteiger partial charge is 0.303 e. The van der Waals surface area contributed by atoms with Crippen LogP contribution < -0.4 is 11.1 Å². The normalized spacial score (nSPS) is 12.5. The molecule has 10 heteroatoms. The van der Waals surface area contributed by atoms with Crippen LogP contribution in [0.15, 0.2) is 41.1 Å². The van der Waals surface area contributed by atoms with Crippen LogP contribution in [0.3, 0.4) is 0 Å². The number of carboxylic acids is 2. The molecule has 0 spiro atoms. The molecule has 5 N–H and O–H groups in total. The molecule has 0 radical (unpaired) electrons. The SMILES string of the molecule is NC(=O)[C@H](CCC(=O)O)CC(=O)[C@H](CCC(=O)O)NC(=O)CCc1ccc(-c2ccsc2)cc1. The van der Waals surface area contributed by atoms with Crippen molar-refractivity contribution in [2.45, 2.75) is 51.0 Å². The van der Waals surface area contributed by atoms with E-state index < -0.39 is 41.5 Å². The lowest BCUT2D eigenvalue weighted by molar-refractivity contribution is -0.139. The molecule has 0 saturated carbocycles. The molecule has 1 aromatic heterocycles. The molecule has 1 aromatic carbocycles. The molecule has 182 valence electrons. The Balaban J connectivity index is 1.95. The summed E-state index contributed by atoms with van der Waals surface area (Å²) in [5, 5.41) is 24.4. The van der Waals surface area contributed by atoms with E-state index in [2.05, 4.69) is 5.32 Å². The molecule has 2 rings (SSSR count). The number of Topliss-reactive ketones (excluding diaryl/α,β-unsaturated/α-hetero) is 1. The topological polar surface area (TPSA) is 164 Å². The van der Waals surface area contributed by atoms with E-state index in [9.17, 15) is 24.0 Å². The Kier molecular flexibility index (Phi) is 10.4. The zero-order chi connectivity index (χ0) is 25.1. The van der Waals surface area contributed by atoms with Gasteiger partial charge in [-0.25, -0.2) is 0 Å². The van der Waals surface area contributed by atoms with Crippen molar-refractivity contribution in [3.8, 4) is 11.1 Å². The molecule has 0 fully saturated rings. The lowest BCUT2D eigenvalue weighted by Crippen LogP contribution is -2.43. The molecule has 2 amide bonds. The summed E-state index contributed by atoms with van der Waals surface area (Å²) in [4.78, 5) is 58.6. The maximum absolute atomic E-state index is 12.7. The number of aliphatic carboxylic acids is 2. The number of hydrogen-bond donors (Lipinski definition) is 4. The summed E-state index contributed by atoms with van der Waals surface area (Å²) in [6.07, 6.45) is -0.783. The number of rotatable bonds is 15. The Hall–Kier alpha value is -3.53. The van der Waals surface area contributed by atoms with E-state index in [4.69, 9.17) is 15.9 Å². The van der Waals surface area contributed by atoms with Crippen molar-refractivity contribution in [3.63, 3.8) is 0 Å². The second-order valence-corrected chi connectivity index (χ2v) is 8.74. The van der Waals surface area contributed by atoms with Gasteiger partial charge in [0.15, 0.2) is 5.78 Å². The molecule has 0 unspecified atom stereocenters. The molecule has 0 aliphatic carbocycles. The lowest BCUT2D eigenvalue weighted by Gasteiger charge is -2.19. The molecule has 1 heterocycles. The molecule has 2 aromatic rings. The predicted octanol–water partition coefficient (Wildman–Crippen LogP) is 2.62. The first-order valence-electron chi connectivity index (χ1n) is 10.8. The summed E-state index contributed by atoms with van der Waals surface area (Å²) < 4.78 is 0. The second-order valence-electron chi connectivity index (χ2n) is 7.96. The summed E-state index contributed by atoms with van der Waals surface area (Å²) in [5.74, 6) is -5.05. The number of ketones is 1. The van der Waals surface area contributed by atoms with Crippen LogP contribution in [-0.2, 0) is 30.4 Å². The van der Waals surface area contributed by atoms with Crippen LogP contribution in [0.5, 0.6) is 0 Å². The number of carboxylic acid groups (broad SMARTS) is 2. The fourth-order valence-electron chi connectivity index (χ4n) is 3.43. The molecule has 0 saturated heterocycles. The highest BCUT2D eigenvalue weighted by molar-refractivity contribution is 7.08. The quantitative estimate of drug-likeness (QED) is 0.299. The summed E-state index contributed by atoms with van der Waals surface area (Å²) in [7, 11) is 0. The molecule has 34 heavy (non-hydrogen) atoms. The van der Waals surface area contributed by atoms with Gasteiger partial charge in [0.1, 0.15) is 0 Å². The summed E-state index contributed by atoms with van der Waals surface area (Å²) >= 11 is 1.61. The van der Waals surface area contributed by atoms with Gasteiger partial charge in [-0.2, -0.15) is 11.3 Å². The van der Waals surface area contributed by atoms with E-state index in [1.54, 1.807) is 11.3 Å². The summed E-state index contributed by atoms with van der Waals surface area (Å²) in [6.45, 7) is 0. The van der Waals surface area contributed by atoms with Gasteiger partial charge in [-0.05, 0) is 52.8 Å². The van der Waals surface area contributed by atoms with Gasteiger partial charge in [0.2, 0.25) is 11.8 Å². The molecule has 9 nitrogen and oxygen atoms in total. The Morgan fingerprint density at radius 2 is 1.53 bits per heavy atom. The first kappa shape index (κ1) is 26.7. The first-order chi connectivity index (χ1) is 16.2. The minimum Gasteiger partial charge on any atom is -0.481 e. The van der Waals surface area contributed by atoms with E-state index in [0.717, 1.165) is 16.7 Å². The first-order valence-corrected chi connectivity index (χ1v) is 11.8. The van der Waals surface area contributed by atoms with Crippen molar-refractivity contribution in [1.82, 2.24) is 5.32 Å². The molecule has 0 aliphatic rings. The highest BCUT2D eigenvalue weighted by Crippen LogP contribution is 2.22. The number of nitrogens with one attached hydrogen (secondary N) is 1. The zero-order valence-corrected chi connectivity index (χ0v) is 19.4. The van der Waals surface area contributed by atoms with Crippen LogP contribution in [0.4, 0.5) is 0 Å². The Morgan fingerprint density at radius 3 is 2.09 bits per heavy atom. The van der Waals surface area contributed by atoms with Crippen LogP contribution in [0.25, 0.3) is 11.1 Å². The van der Waals surface area contributed by atoms with Crippen LogP contribution in [-0.4, -0.2) is 45.8 Å². The van der Waals surface area contributed by atoms with Crippen LogP contribution in [0.1, 0.15) is 44.1 Å². The maximum atomic E-state index is 12.7. The van der Waals surface area contributed by atoms with Crippen molar-refractivity contribution in [2.24, 2.45) is 11.7 Å². The third-order valence-electron chi connectivity index (χ3n) is 5.38. The Morgan fingerprint density at radius 1 is 0.882 bits per heavy atom. The van der Waals surface area contributed by atoms with Gasteiger partial charge in [-0.3, -0.25) is 24.0 Å². The number of hydrogen-bond acceptors (Lipinski definition) is 6. The number of primary amides is 1. The van der Waals surface area contributed by atoms with E-state index in [1.165, 1.54) is 0 Å².